The van der Waals surface area contributed by atoms with Crippen LogP contribution in [0.5, 0.6) is 0 Å². The van der Waals surface area contributed by atoms with Crippen molar-refractivity contribution in [1.82, 2.24) is 5.32 Å². The third-order valence-electron chi connectivity index (χ3n) is 12.6. The predicted molar refractivity (Wildman–Crippen MR) is 273 cm³/mol. The molecule has 6 heteroatoms. The fraction of sp³-hybridized carbons (Fsp3) is 0.860. The molecule has 0 bridgehead atoms. The van der Waals surface area contributed by atoms with E-state index in [4.69, 9.17) is 4.74 Å². The number of aliphatic hydroxyl groups is 2. The second-order valence-corrected chi connectivity index (χ2v) is 18.9. The summed E-state index contributed by atoms with van der Waals surface area (Å²) in [5.41, 5.74) is 0. The highest BCUT2D eigenvalue weighted by atomic mass is 16.5. The van der Waals surface area contributed by atoms with Crippen molar-refractivity contribution in [3.05, 3.63) is 36.5 Å². The van der Waals surface area contributed by atoms with Gasteiger partial charge in [-0.2, -0.15) is 0 Å². The SMILES string of the molecule is CCCCCCCC/C=C\CCCCCCCCCC(=O)OCCCCCCCC/C=C\CCCCCC(=O)NC(CO)C(O)/C=C/CCCCCCCCCCCCCCCC. The number of amides is 1. The third kappa shape index (κ3) is 49.4. The number of aliphatic hydroxyl groups excluding tert-OH is 2. The van der Waals surface area contributed by atoms with Gasteiger partial charge in [-0.25, -0.2) is 0 Å². The molecule has 0 radical (unpaired) electrons. The molecule has 1 amide bonds. The lowest BCUT2D eigenvalue weighted by Gasteiger charge is -2.19. The van der Waals surface area contributed by atoms with Gasteiger partial charge in [0.25, 0.3) is 0 Å². The molecule has 0 aromatic heterocycles. The second kappa shape index (κ2) is 52.7. The molecule has 0 saturated carbocycles. The third-order valence-corrected chi connectivity index (χ3v) is 12.6. The molecule has 0 aliphatic heterocycles. The van der Waals surface area contributed by atoms with Crippen LogP contribution in [0.15, 0.2) is 36.5 Å². The summed E-state index contributed by atoms with van der Waals surface area (Å²) in [7, 11) is 0. The fourth-order valence-electron chi connectivity index (χ4n) is 8.33. The lowest BCUT2D eigenvalue weighted by molar-refractivity contribution is -0.143. The van der Waals surface area contributed by atoms with Crippen LogP contribution in [0.2, 0.25) is 0 Å². The quantitative estimate of drug-likeness (QED) is 0.0321. The minimum atomic E-state index is -0.862. The first-order valence-corrected chi connectivity index (χ1v) is 27.8. The normalized spacial score (nSPS) is 12.9. The molecule has 2 unspecified atom stereocenters. The van der Waals surface area contributed by atoms with Crippen LogP contribution in [-0.4, -0.2) is 47.4 Å². The number of rotatable bonds is 51. The molecule has 0 aromatic rings. The molecule has 370 valence electrons. The van der Waals surface area contributed by atoms with Crippen molar-refractivity contribution in [2.45, 2.75) is 302 Å². The van der Waals surface area contributed by atoms with E-state index in [0.29, 0.717) is 19.4 Å². The summed E-state index contributed by atoms with van der Waals surface area (Å²) in [6.45, 7) is 4.86. The van der Waals surface area contributed by atoms with Gasteiger partial charge in [-0.3, -0.25) is 9.59 Å². The van der Waals surface area contributed by atoms with Crippen molar-refractivity contribution in [2.24, 2.45) is 0 Å². The zero-order valence-electron chi connectivity index (χ0n) is 42.1. The molecule has 3 N–H and O–H groups in total. The maximum atomic E-state index is 12.4. The van der Waals surface area contributed by atoms with E-state index in [9.17, 15) is 19.8 Å². The Morgan fingerprint density at radius 2 is 0.746 bits per heavy atom. The van der Waals surface area contributed by atoms with E-state index in [1.165, 1.54) is 193 Å². The van der Waals surface area contributed by atoms with Crippen LogP contribution in [0, 0.1) is 0 Å². The van der Waals surface area contributed by atoms with Crippen LogP contribution in [0.4, 0.5) is 0 Å². The van der Waals surface area contributed by atoms with E-state index in [2.05, 4.69) is 43.5 Å². The van der Waals surface area contributed by atoms with E-state index in [1.807, 2.05) is 6.08 Å². The van der Waals surface area contributed by atoms with Crippen molar-refractivity contribution in [1.29, 1.82) is 0 Å². The summed E-state index contributed by atoms with van der Waals surface area (Å²) in [4.78, 5) is 24.5. The van der Waals surface area contributed by atoms with Crippen LogP contribution in [0.3, 0.4) is 0 Å². The first-order chi connectivity index (χ1) is 31.0. The van der Waals surface area contributed by atoms with Gasteiger partial charge in [0.05, 0.1) is 25.4 Å². The molecule has 0 fully saturated rings. The van der Waals surface area contributed by atoms with Gasteiger partial charge in [-0.1, -0.05) is 230 Å². The molecule has 63 heavy (non-hydrogen) atoms. The average molecular weight is 886 g/mol. The van der Waals surface area contributed by atoms with Crippen molar-refractivity contribution in [3.8, 4) is 0 Å². The molecule has 0 heterocycles. The molecule has 0 spiro atoms. The summed E-state index contributed by atoms with van der Waals surface area (Å²) in [6, 6.07) is -0.648. The van der Waals surface area contributed by atoms with Gasteiger partial charge in [-0.15, -0.1) is 0 Å². The maximum absolute atomic E-state index is 12.4. The minimum Gasteiger partial charge on any atom is -0.466 e. The summed E-state index contributed by atoms with van der Waals surface area (Å²) >= 11 is 0. The highest BCUT2D eigenvalue weighted by Crippen LogP contribution is 2.15. The van der Waals surface area contributed by atoms with Crippen molar-refractivity contribution in [2.75, 3.05) is 13.2 Å². The van der Waals surface area contributed by atoms with Crippen molar-refractivity contribution >= 4 is 11.9 Å². The average Bonchev–Trinajstić information content (AvgIpc) is 3.28. The van der Waals surface area contributed by atoms with Gasteiger partial charge in [0.1, 0.15) is 0 Å². The molecular formula is C57H107NO5. The summed E-state index contributed by atoms with van der Waals surface area (Å²) in [6.07, 6.45) is 64.4. The number of hydrogen-bond donors (Lipinski definition) is 3. The largest absolute Gasteiger partial charge is 0.466 e. The monoisotopic (exact) mass is 886 g/mol. The number of carbonyl (C=O) groups is 2. The van der Waals surface area contributed by atoms with E-state index in [0.717, 1.165) is 70.6 Å². The van der Waals surface area contributed by atoms with Crippen LogP contribution < -0.4 is 5.32 Å². The Hall–Kier alpha value is -1.92. The number of allylic oxidation sites excluding steroid dienone is 5. The highest BCUT2D eigenvalue weighted by Gasteiger charge is 2.18. The number of esters is 1. The molecule has 0 saturated heterocycles. The Morgan fingerprint density at radius 3 is 1.14 bits per heavy atom. The van der Waals surface area contributed by atoms with Crippen molar-refractivity contribution < 1.29 is 24.5 Å². The van der Waals surface area contributed by atoms with Gasteiger partial charge in [-0.05, 0) is 83.5 Å². The van der Waals surface area contributed by atoms with Gasteiger partial charge in [0.15, 0.2) is 0 Å². The topological polar surface area (TPSA) is 95.9 Å². The number of carbonyl (C=O) groups excluding carboxylic acids is 2. The first-order valence-electron chi connectivity index (χ1n) is 27.8. The smallest absolute Gasteiger partial charge is 0.305 e. The maximum Gasteiger partial charge on any atom is 0.305 e. The first kappa shape index (κ1) is 61.1. The summed E-state index contributed by atoms with van der Waals surface area (Å²) < 4.78 is 5.47. The number of ether oxygens (including phenoxy) is 1. The van der Waals surface area contributed by atoms with Crippen LogP contribution >= 0.6 is 0 Å². The van der Waals surface area contributed by atoms with E-state index < -0.39 is 12.1 Å². The van der Waals surface area contributed by atoms with Gasteiger partial charge >= 0.3 is 5.97 Å². The molecule has 6 nitrogen and oxygen atoms in total. The Kier molecular flexibility index (Phi) is 51.1. The standard InChI is InChI=1S/C57H107NO5/c1-3-5-7-9-11-13-15-17-19-21-23-27-31-35-39-43-47-51-57(62)63-52-48-44-40-36-32-28-24-26-30-34-38-42-46-50-56(61)58-54(53-59)55(60)49-45-41-37-33-29-25-22-20-18-16-14-12-10-8-6-4-2/h17,19,26,30,45,49,54-55,59-60H,3-16,18,20-25,27-29,31-44,46-48,50-53H2,1-2H3,(H,58,61)/b19-17-,30-26-,49-45+. The molecule has 2 atom stereocenters. The number of hydrogen-bond acceptors (Lipinski definition) is 5. The van der Waals surface area contributed by atoms with E-state index in [1.54, 1.807) is 6.08 Å². The molecule has 0 aromatic carbocycles. The Labute approximate surface area is 392 Å². The fourth-order valence-corrected chi connectivity index (χ4v) is 8.33. The lowest BCUT2D eigenvalue weighted by atomic mass is 10.0. The van der Waals surface area contributed by atoms with Crippen LogP contribution in [-0.2, 0) is 14.3 Å². The highest BCUT2D eigenvalue weighted by molar-refractivity contribution is 5.76. The minimum absolute atomic E-state index is 0.0176. The van der Waals surface area contributed by atoms with Gasteiger partial charge in [0.2, 0.25) is 5.91 Å². The molecule has 0 aliphatic carbocycles. The second-order valence-electron chi connectivity index (χ2n) is 18.9. The van der Waals surface area contributed by atoms with Crippen LogP contribution in [0.25, 0.3) is 0 Å². The summed E-state index contributed by atoms with van der Waals surface area (Å²) in [5, 5.41) is 23.1. The number of nitrogens with one attached hydrogen (secondary N) is 1. The Morgan fingerprint density at radius 1 is 0.429 bits per heavy atom. The molecule has 0 aliphatic rings. The number of unbranched alkanes of at least 4 members (excludes halogenated alkanes) is 36. The molecular weight excluding hydrogens is 779 g/mol. The predicted octanol–water partition coefficient (Wildman–Crippen LogP) is 16.9. The Bertz CT molecular complexity index is 1020. The van der Waals surface area contributed by atoms with Crippen molar-refractivity contribution in [3.63, 3.8) is 0 Å². The Balaban J connectivity index is 3.52. The lowest BCUT2D eigenvalue weighted by Crippen LogP contribution is -2.45. The van der Waals surface area contributed by atoms with Gasteiger partial charge in [0, 0.05) is 12.8 Å². The van der Waals surface area contributed by atoms with E-state index >= 15 is 0 Å². The van der Waals surface area contributed by atoms with Gasteiger partial charge < -0.3 is 20.3 Å². The summed E-state index contributed by atoms with van der Waals surface area (Å²) in [5.74, 6) is -0.115. The molecule has 0 rings (SSSR count). The van der Waals surface area contributed by atoms with E-state index in [-0.39, 0.29) is 18.5 Å². The van der Waals surface area contributed by atoms with Crippen LogP contribution in [0.1, 0.15) is 290 Å². The zero-order valence-corrected chi connectivity index (χ0v) is 42.1. The zero-order chi connectivity index (χ0) is 45.8.